The average molecular weight is 472 g/mol. The summed E-state index contributed by atoms with van der Waals surface area (Å²) in [4.78, 5) is 12.1. The molecule has 1 aromatic heterocycles. The molecule has 0 N–H and O–H groups in total. The summed E-state index contributed by atoms with van der Waals surface area (Å²) in [7, 11) is 0. The predicted molar refractivity (Wildman–Crippen MR) is 99.3 cm³/mol. The number of hydrogen-bond donors (Lipinski definition) is 0. The van der Waals surface area contributed by atoms with Crippen LogP contribution in [0.3, 0.4) is 0 Å². The van der Waals surface area contributed by atoms with Gasteiger partial charge in [0.1, 0.15) is 0 Å². The van der Waals surface area contributed by atoms with Gasteiger partial charge in [0.15, 0.2) is 16.8 Å². The Bertz CT molecular complexity index is 650. The van der Waals surface area contributed by atoms with Crippen LogP contribution >= 0.6 is 93.0 Å². The zero-order valence-electron chi connectivity index (χ0n) is 10.9. The second-order valence-corrected chi connectivity index (χ2v) is 10.1. The fourth-order valence-corrected chi connectivity index (χ4v) is 2.83. The molecule has 0 aliphatic rings. The van der Waals surface area contributed by atoms with E-state index in [0.717, 1.165) is 5.56 Å². The van der Waals surface area contributed by atoms with Gasteiger partial charge in [-0.1, -0.05) is 105 Å². The highest BCUT2D eigenvalue weighted by atomic mass is 35.6. The number of hydrogen-bond acceptors (Lipinski definition) is 4. The molecule has 2 rings (SSSR count). The predicted octanol–water partition coefficient (Wildman–Crippen LogP) is 6.47. The molecule has 0 saturated carbocycles. The second-order valence-electron chi connectivity index (χ2n) is 4.18. The smallest absolute Gasteiger partial charge is 0.209 e. The SMILES string of the molecule is Clc1ccc(CSc2nc(C(Cl)(Cl)Cl)nc(C(Cl)(Cl)Cl)n2)cc1. The average Bonchev–Trinajstić information content (AvgIpc) is 2.44. The summed E-state index contributed by atoms with van der Waals surface area (Å²) in [6.45, 7) is 0. The zero-order valence-corrected chi connectivity index (χ0v) is 17.0. The molecule has 0 fully saturated rings. The first kappa shape index (κ1) is 19.9. The van der Waals surface area contributed by atoms with Crippen LogP contribution in [0.2, 0.25) is 5.02 Å². The molecule has 0 saturated heterocycles. The lowest BCUT2D eigenvalue weighted by molar-refractivity contribution is 0.767. The summed E-state index contributed by atoms with van der Waals surface area (Å²) in [5, 5.41) is 0.925. The van der Waals surface area contributed by atoms with Gasteiger partial charge in [0.05, 0.1) is 0 Å². The molecule has 23 heavy (non-hydrogen) atoms. The van der Waals surface area contributed by atoms with E-state index in [1.807, 2.05) is 12.1 Å². The molecule has 0 aliphatic heterocycles. The highest BCUT2D eigenvalue weighted by molar-refractivity contribution is 7.98. The number of benzene rings is 1. The molecule has 0 aliphatic carbocycles. The first-order valence-electron chi connectivity index (χ1n) is 5.83. The van der Waals surface area contributed by atoms with Crippen molar-refractivity contribution in [2.45, 2.75) is 18.5 Å². The molecule has 0 radical (unpaired) electrons. The Balaban J connectivity index is 2.28. The molecule has 0 amide bonds. The van der Waals surface area contributed by atoms with Gasteiger partial charge in [-0.05, 0) is 17.7 Å². The lowest BCUT2D eigenvalue weighted by Crippen LogP contribution is -2.16. The summed E-state index contributed by atoms with van der Waals surface area (Å²) < 4.78 is -3.72. The Morgan fingerprint density at radius 2 is 1.26 bits per heavy atom. The zero-order chi connectivity index (χ0) is 17.3. The van der Waals surface area contributed by atoms with Gasteiger partial charge in [-0.3, -0.25) is 0 Å². The number of rotatable bonds is 3. The van der Waals surface area contributed by atoms with Gasteiger partial charge in [0.25, 0.3) is 0 Å². The Morgan fingerprint density at radius 3 is 1.70 bits per heavy atom. The molecule has 1 heterocycles. The quantitative estimate of drug-likeness (QED) is 0.379. The van der Waals surface area contributed by atoms with Gasteiger partial charge >= 0.3 is 0 Å². The van der Waals surface area contributed by atoms with Crippen molar-refractivity contribution in [1.29, 1.82) is 0 Å². The van der Waals surface area contributed by atoms with E-state index < -0.39 is 7.59 Å². The van der Waals surface area contributed by atoms with Gasteiger partial charge in [0.2, 0.25) is 7.59 Å². The Morgan fingerprint density at radius 1 is 0.783 bits per heavy atom. The van der Waals surface area contributed by atoms with Crippen molar-refractivity contribution in [3.8, 4) is 0 Å². The van der Waals surface area contributed by atoms with Crippen molar-refractivity contribution in [3.05, 3.63) is 46.5 Å². The third-order valence-electron chi connectivity index (χ3n) is 2.40. The van der Waals surface area contributed by atoms with Crippen molar-refractivity contribution in [2.24, 2.45) is 0 Å². The number of halogens is 7. The summed E-state index contributed by atoms with van der Waals surface area (Å²) >= 11 is 42.0. The van der Waals surface area contributed by atoms with Crippen molar-refractivity contribution < 1.29 is 0 Å². The maximum absolute atomic E-state index is 5.84. The monoisotopic (exact) mass is 469 g/mol. The first-order valence-corrected chi connectivity index (χ1v) is 9.46. The molecule has 2 aromatic rings. The van der Waals surface area contributed by atoms with E-state index in [1.165, 1.54) is 11.8 Å². The largest absolute Gasteiger partial charge is 0.250 e. The van der Waals surface area contributed by atoms with Crippen LogP contribution in [0.4, 0.5) is 0 Å². The standard InChI is InChI=1S/C12H6Cl7N3S/c13-7-3-1-6(2-4-7)5-23-10-21-8(11(14,15)16)20-9(22-10)12(17,18)19/h1-4H,5H2. The highest BCUT2D eigenvalue weighted by Crippen LogP contribution is 2.40. The lowest BCUT2D eigenvalue weighted by atomic mass is 10.2. The minimum atomic E-state index is -1.86. The number of nitrogens with zero attached hydrogens (tertiary/aromatic N) is 3. The van der Waals surface area contributed by atoms with E-state index in [2.05, 4.69) is 15.0 Å². The van der Waals surface area contributed by atoms with Crippen LogP contribution in [0.25, 0.3) is 0 Å². The van der Waals surface area contributed by atoms with Crippen molar-refractivity contribution in [2.75, 3.05) is 0 Å². The fraction of sp³-hybridized carbons (Fsp3) is 0.250. The molecule has 11 heteroatoms. The number of thioether (sulfide) groups is 1. The Labute approximate surface area is 171 Å². The topological polar surface area (TPSA) is 38.7 Å². The maximum Gasteiger partial charge on any atom is 0.250 e. The summed E-state index contributed by atoms with van der Waals surface area (Å²) in [5.74, 6) is 0.328. The molecular weight excluding hydrogens is 466 g/mol. The molecule has 124 valence electrons. The van der Waals surface area contributed by atoms with Crippen molar-refractivity contribution in [3.63, 3.8) is 0 Å². The van der Waals surface area contributed by atoms with Gasteiger partial charge in [-0.2, -0.15) is 0 Å². The minimum absolute atomic E-state index is 0.113. The van der Waals surface area contributed by atoms with Crippen LogP contribution in [0.5, 0.6) is 0 Å². The summed E-state index contributed by atoms with van der Waals surface area (Å²) in [5.41, 5.74) is 1.01. The van der Waals surface area contributed by atoms with Crippen LogP contribution in [0, 0.1) is 0 Å². The molecule has 0 spiro atoms. The van der Waals surface area contributed by atoms with E-state index in [1.54, 1.807) is 12.1 Å². The third-order valence-corrected chi connectivity index (χ3v) is 4.59. The molecule has 1 aromatic carbocycles. The van der Waals surface area contributed by atoms with E-state index in [9.17, 15) is 0 Å². The van der Waals surface area contributed by atoms with Crippen LogP contribution in [-0.4, -0.2) is 15.0 Å². The van der Waals surface area contributed by atoms with E-state index in [0.29, 0.717) is 10.8 Å². The van der Waals surface area contributed by atoms with Crippen LogP contribution < -0.4 is 0 Å². The maximum atomic E-state index is 5.84. The first-order chi connectivity index (χ1) is 10.6. The van der Waals surface area contributed by atoms with Crippen molar-refractivity contribution >= 4 is 93.0 Å². The number of aromatic nitrogens is 3. The molecular formula is C12H6Cl7N3S. The normalized spacial score (nSPS) is 12.5. The highest BCUT2D eigenvalue weighted by Gasteiger charge is 2.33. The minimum Gasteiger partial charge on any atom is -0.209 e. The van der Waals surface area contributed by atoms with Crippen LogP contribution in [0.1, 0.15) is 17.2 Å². The van der Waals surface area contributed by atoms with Gasteiger partial charge < -0.3 is 0 Å². The molecule has 0 atom stereocenters. The van der Waals surface area contributed by atoms with Gasteiger partial charge in [-0.15, -0.1) is 0 Å². The van der Waals surface area contributed by atoms with Crippen molar-refractivity contribution in [1.82, 2.24) is 15.0 Å². The van der Waals surface area contributed by atoms with E-state index in [4.69, 9.17) is 81.2 Å². The van der Waals surface area contributed by atoms with E-state index >= 15 is 0 Å². The number of alkyl halides is 6. The van der Waals surface area contributed by atoms with Gasteiger partial charge in [0, 0.05) is 10.8 Å². The van der Waals surface area contributed by atoms with E-state index in [-0.39, 0.29) is 16.8 Å². The van der Waals surface area contributed by atoms with Crippen LogP contribution in [0.15, 0.2) is 29.4 Å². The second kappa shape index (κ2) is 7.88. The third kappa shape index (κ3) is 6.12. The van der Waals surface area contributed by atoms with Crippen LogP contribution in [-0.2, 0) is 13.3 Å². The molecule has 0 bridgehead atoms. The summed E-state index contributed by atoms with van der Waals surface area (Å²) in [6.07, 6.45) is 0. The Hall–Kier alpha value is 0.610. The van der Waals surface area contributed by atoms with Gasteiger partial charge in [-0.25, -0.2) is 15.0 Å². The lowest BCUT2D eigenvalue weighted by Gasteiger charge is -2.15. The molecule has 3 nitrogen and oxygen atoms in total. The molecule has 0 unspecified atom stereocenters. The fourth-order valence-electron chi connectivity index (χ4n) is 1.40. The Kier molecular flexibility index (Phi) is 6.83. The summed E-state index contributed by atoms with van der Waals surface area (Å²) in [6, 6.07) is 7.32.